The zero-order valence-corrected chi connectivity index (χ0v) is 18.7. The van der Waals surface area contributed by atoms with Crippen molar-refractivity contribution < 1.29 is 24.2 Å². The van der Waals surface area contributed by atoms with Gasteiger partial charge in [0.25, 0.3) is 11.7 Å². The van der Waals surface area contributed by atoms with Crippen LogP contribution in [0.1, 0.15) is 55.3 Å². The molecule has 2 unspecified atom stereocenters. The van der Waals surface area contributed by atoms with E-state index in [0.29, 0.717) is 30.4 Å². The molecule has 0 bridgehead atoms. The molecule has 0 saturated carbocycles. The number of rotatable bonds is 6. The summed E-state index contributed by atoms with van der Waals surface area (Å²) in [5.74, 6) is -0.743. The van der Waals surface area contributed by atoms with Crippen molar-refractivity contribution in [2.45, 2.75) is 44.8 Å². The van der Waals surface area contributed by atoms with Crippen molar-refractivity contribution in [1.82, 2.24) is 4.90 Å². The summed E-state index contributed by atoms with van der Waals surface area (Å²) in [5, 5.41) is 11.2. The van der Waals surface area contributed by atoms with Crippen molar-refractivity contribution in [3.05, 3.63) is 70.8 Å². The van der Waals surface area contributed by atoms with E-state index in [0.717, 1.165) is 24.0 Å². The maximum absolute atomic E-state index is 13.2. The topological polar surface area (TPSA) is 76.1 Å². The molecule has 1 amide bonds. The van der Waals surface area contributed by atoms with Gasteiger partial charge in [-0.15, -0.1) is 0 Å². The lowest BCUT2D eigenvalue weighted by Gasteiger charge is -2.27. The molecule has 2 saturated heterocycles. The van der Waals surface area contributed by atoms with Gasteiger partial charge in [-0.2, -0.15) is 0 Å². The summed E-state index contributed by atoms with van der Waals surface area (Å²) < 4.78 is 11.1. The van der Waals surface area contributed by atoms with Crippen LogP contribution in [0.25, 0.3) is 5.76 Å². The van der Waals surface area contributed by atoms with Crippen LogP contribution in [-0.4, -0.2) is 48.1 Å². The van der Waals surface area contributed by atoms with Crippen LogP contribution >= 0.6 is 0 Å². The first-order valence-electron chi connectivity index (χ1n) is 11.1. The smallest absolute Gasteiger partial charge is 0.295 e. The fraction of sp³-hybridized carbons (Fsp3) is 0.385. The molecule has 2 aromatic carbocycles. The molecular weight excluding hydrogens is 406 g/mol. The number of benzene rings is 2. The second-order valence-electron chi connectivity index (χ2n) is 8.61. The Balaban J connectivity index is 1.84. The predicted molar refractivity (Wildman–Crippen MR) is 122 cm³/mol. The van der Waals surface area contributed by atoms with E-state index >= 15 is 0 Å². The summed E-state index contributed by atoms with van der Waals surface area (Å²) in [7, 11) is 1.50. The lowest BCUT2D eigenvalue weighted by Crippen LogP contribution is -2.36. The molecule has 0 aromatic heterocycles. The summed E-state index contributed by atoms with van der Waals surface area (Å²) >= 11 is 0. The number of methoxy groups -OCH3 is 1. The van der Waals surface area contributed by atoms with Gasteiger partial charge in [-0.1, -0.05) is 50.2 Å². The minimum Gasteiger partial charge on any atom is -0.507 e. The van der Waals surface area contributed by atoms with E-state index in [1.165, 1.54) is 7.11 Å². The van der Waals surface area contributed by atoms with E-state index in [1.807, 2.05) is 24.3 Å². The second kappa shape index (κ2) is 9.17. The number of hydrogen-bond acceptors (Lipinski definition) is 5. The second-order valence-corrected chi connectivity index (χ2v) is 8.61. The van der Waals surface area contributed by atoms with Crippen LogP contribution in [0, 0.1) is 0 Å². The van der Waals surface area contributed by atoms with Crippen LogP contribution in [0.3, 0.4) is 0 Å². The number of amides is 1. The van der Waals surface area contributed by atoms with Gasteiger partial charge in [0.1, 0.15) is 11.5 Å². The Kier molecular flexibility index (Phi) is 6.33. The van der Waals surface area contributed by atoms with E-state index in [4.69, 9.17) is 9.47 Å². The monoisotopic (exact) mass is 435 g/mol. The maximum atomic E-state index is 13.2. The Hall–Kier alpha value is -3.12. The molecule has 0 aliphatic carbocycles. The lowest BCUT2D eigenvalue weighted by molar-refractivity contribution is -0.140. The van der Waals surface area contributed by atoms with E-state index in [2.05, 4.69) is 13.8 Å². The number of para-hydroxylation sites is 1. The summed E-state index contributed by atoms with van der Waals surface area (Å²) in [4.78, 5) is 27.8. The first kappa shape index (κ1) is 22.1. The molecular formula is C26H29NO5. The van der Waals surface area contributed by atoms with Crippen molar-refractivity contribution >= 4 is 17.4 Å². The van der Waals surface area contributed by atoms with Crippen LogP contribution in [0.4, 0.5) is 0 Å². The zero-order chi connectivity index (χ0) is 22.8. The van der Waals surface area contributed by atoms with E-state index in [9.17, 15) is 14.7 Å². The molecule has 2 heterocycles. The third-order valence-electron chi connectivity index (χ3n) is 6.25. The van der Waals surface area contributed by atoms with Crippen LogP contribution in [0.2, 0.25) is 0 Å². The third-order valence-corrected chi connectivity index (χ3v) is 6.25. The number of ketones is 1. The minimum absolute atomic E-state index is 0.0785. The zero-order valence-electron chi connectivity index (χ0n) is 18.7. The van der Waals surface area contributed by atoms with Gasteiger partial charge in [0.15, 0.2) is 0 Å². The van der Waals surface area contributed by atoms with Crippen molar-refractivity contribution in [3.8, 4) is 5.75 Å². The van der Waals surface area contributed by atoms with Crippen LogP contribution in [0.15, 0.2) is 54.1 Å². The fourth-order valence-electron chi connectivity index (χ4n) is 4.47. The largest absolute Gasteiger partial charge is 0.507 e. The molecule has 168 valence electrons. The third kappa shape index (κ3) is 4.02. The van der Waals surface area contributed by atoms with E-state index < -0.39 is 17.7 Å². The van der Waals surface area contributed by atoms with Crippen molar-refractivity contribution in [2.24, 2.45) is 0 Å². The minimum atomic E-state index is -0.690. The number of carbonyl (C=O) groups is 2. The van der Waals surface area contributed by atoms with Crippen molar-refractivity contribution in [2.75, 3.05) is 20.3 Å². The quantitative estimate of drug-likeness (QED) is 0.413. The van der Waals surface area contributed by atoms with Crippen molar-refractivity contribution in [3.63, 3.8) is 0 Å². The van der Waals surface area contributed by atoms with Gasteiger partial charge in [0, 0.05) is 13.2 Å². The normalized spacial score (nSPS) is 22.7. The van der Waals surface area contributed by atoms with Gasteiger partial charge >= 0.3 is 0 Å². The number of nitrogens with zero attached hydrogens (tertiary/aromatic N) is 1. The van der Waals surface area contributed by atoms with Gasteiger partial charge in [0.05, 0.1) is 30.4 Å². The number of carbonyl (C=O) groups excluding carboxylic acids is 2. The Morgan fingerprint density at radius 2 is 1.88 bits per heavy atom. The molecule has 2 aromatic rings. The van der Waals surface area contributed by atoms with Crippen LogP contribution in [0.5, 0.6) is 5.75 Å². The maximum Gasteiger partial charge on any atom is 0.295 e. The van der Waals surface area contributed by atoms with Gasteiger partial charge in [-0.05, 0) is 42.0 Å². The highest BCUT2D eigenvalue weighted by Gasteiger charge is 2.47. The molecule has 32 heavy (non-hydrogen) atoms. The highest BCUT2D eigenvalue weighted by Crippen LogP contribution is 2.41. The molecule has 6 nitrogen and oxygen atoms in total. The van der Waals surface area contributed by atoms with Crippen LogP contribution < -0.4 is 4.74 Å². The van der Waals surface area contributed by atoms with Gasteiger partial charge < -0.3 is 19.5 Å². The molecule has 0 spiro atoms. The number of Topliss-reactive ketones (excluding diaryl/α,β-unsaturated/α-hetero) is 1. The average Bonchev–Trinajstić information content (AvgIpc) is 3.41. The Bertz CT molecular complexity index is 1030. The number of aliphatic hydroxyl groups is 1. The summed E-state index contributed by atoms with van der Waals surface area (Å²) in [6, 6.07) is 14.1. The number of hydrogen-bond donors (Lipinski definition) is 1. The predicted octanol–water partition coefficient (Wildman–Crippen LogP) is 4.42. The Morgan fingerprint density at radius 3 is 2.50 bits per heavy atom. The molecule has 2 atom stereocenters. The molecule has 2 aliphatic rings. The lowest BCUT2D eigenvalue weighted by atomic mass is 9.93. The van der Waals surface area contributed by atoms with Gasteiger partial charge in [0.2, 0.25) is 0 Å². The highest BCUT2D eigenvalue weighted by atomic mass is 16.5. The van der Waals surface area contributed by atoms with E-state index in [1.54, 1.807) is 29.2 Å². The summed E-state index contributed by atoms with van der Waals surface area (Å²) in [6.45, 7) is 5.19. The highest BCUT2D eigenvalue weighted by molar-refractivity contribution is 6.46. The van der Waals surface area contributed by atoms with Gasteiger partial charge in [-0.3, -0.25) is 9.59 Å². The summed E-state index contributed by atoms with van der Waals surface area (Å²) in [6.07, 6.45) is 1.66. The number of aliphatic hydroxyl groups excluding tert-OH is 1. The van der Waals surface area contributed by atoms with E-state index in [-0.39, 0.29) is 17.4 Å². The molecule has 4 rings (SSSR count). The first-order chi connectivity index (χ1) is 15.4. The first-order valence-corrected chi connectivity index (χ1v) is 11.1. The van der Waals surface area contributed by atoms with Crippen LogP contribution in [-0.2, 0) is 14.3 Å². The molecule has 2 aliphatic heterocycles. The SMILES string of the molecule is COc1ccccc1/C(O)=C1/C(=O)C(=O)N(CC2CCCO2)C1c1ccc(C(C)C)cc1. The Morgan fingerprint density at radius 1 is 1.16 bits per heavy atom. The molecule has 2 fully saturated rings. The van der Waals surface area contributed by atoms with Crippen molar-refractivity contribution in [1.29, 1.82) is 0 Å². The average molecular weight is 436 g/mol. The number of likely N-dealkylation sites (tertiary alicyclic amines) is 1. The number of ether oxygens (including phenoxy) is 2. The molecule has 0 radical (unpaired) electrons. The summed E-state index contributed by atoms with van der Waals surface area (Å²) in [5.41, 5.74) is 2.40. The fourth-order valence-corrected chi connectivity index (χ4v) is 4.47. The molecule has 1 N–H and O–H groups in total. The molecule has 6 heteroatoms. The Labute approximate surface area is 188 Å². The standard InChI is InChI=1S/C26H29NO5/c1-16(2)17-10-12-18(13-11-17)23-22(24(28)20-8-4-5-9-21(20)31-3)25(29)26(30)27(23)15-19-7-6-14-32-19/h4-5,8-13,16,19,23,28H,6-7,14-15H2,1-3H3/b24-22-. The van der Waals surface area contributed by atoms with Gasteiger partial charge in [-0.25, -0.2) is 0 Å².